The minimum atomic E-state index is -0.825. The zero-order valence-corrected chi connectivity index (χ0v) is 13.9. The molecule has 24 heavy (non-hydrogen) atoms. The zero-order valence-electron chi connectivity index (χ0n) is 12.4. The van der Waals surface area contributed by atoms with E-state index < -0.39 is 17.6 Å². The number of methoxy groups -OCH3 is 1. The van der Waals surface area contributed by atoms with Crippen LogP contribution in [0.25, 0.3) is 5.57 Å². The van der Waals surface area contributed by atoms with Crippen molar-refractivity contribution in [2.75, 3.05) is 12.0 Å². The standard InChI is InChI=1S/C17H11Cl2NO4/c1-24-11-4-2-3-10(8-11)20-16(22)14(15(21)17(20)23)12-6-5-9(18)7-13(12)19/h2-8,21H,1H3. The van der Waals surface area contributed by atoms with E-state index in [-0.39, 0.29) is 21.8 Å². The Morgan fingerprint density at radius 3 is 2.46 bits per heavy atom. The van der Waals surface area contributed by atoms with Crippen LogP contribution in [0.5, 0.6) is 5.75 Å². The number of hydrogen-bond donors (Lipinski definition) is 1. The zero-order chi connectivity index (χ0) is 17.4. The summed E-state index contributed by atoms with van der Waals surface area (Å²) < 4.78 is 5.09. The third-order valence-corrected chi connectivity index (χ3v) is 4.12. The lowest BCUT2D eigenvalue weighted by molar-refractivity contribution is -0.121. The first kappa shape index (κ1) is 16.4. The van der Waals surface area contributed by atoms with Gasteiger partial charge >= 0.3 is 5.91 Å². The number of rotatable bonds is 3. The first-order valence-corrected chi connectivity index (χ1v) is 7.61. The predicted octanol–water partition coefficient (Wildman–Crippen LogP) is 3.84. The van der Waals surface area contributed by atoms with Gasteiger partial charge in [0.1, 0.15) is 5.75 Å². The molecular formula is C17H11Cl2NO4. The number of amides is 2. The maximum Gasteiger partial charge on any atom is 0.301 e. The summed E-state index contributed by atoms with van der Waals surface area (Å²) in [5.41, 5.74) is 0.364. The normalized spacial score (nSPS) is 14.5. The van der Waals surface area contributed by atoms with Crippen molar-refractivity contribution >= 4 is 46.3 Å². The van der Waals surface area contributed by atoms with Crippen LogP contribution in [0.2, 0.25) is 10.0 Å². The average Bonchev–Trinajstić information content (AvgIpc) is 2.78. The molecule has 0 aromatic heterocycles. The number of hydrogen-bond acceptors (Lipinski definition) is 4. The average molecular weight is 364 g/mol. The van der Waals surface area contributed by atoms with Crippen molar-refractivity contribution in [2.45, 2.75) is 0 Å². The number of carbonyl (C=O) groups excluding carboxylic acids is 2. The second kappa shape index (κ2) is 6.19. The van der Waals surface area contributed by atoms with Crippen LogP contribution in [0.3, 0.4) is 0 Å². The Morgan fingerprint density at radius 2 is 1.79 bits per heavy atom. The van der Waals surface area contributed by atoms with E-state index in [1.54, 1.807) is 18.2 Å². The Labute approximate surface area is 147 Å². The van der Waals surface area contributed by atoms with E-state index in [0.29, 0.717) is 10.8 Å². The van der Waals surface area contributed by atoms with E-state index in [0.717, 1.165) is 4.90 Å². The molecule has 0 radical (unpaired) electrons. The second-order valence-electron chi connectivity index (χ2n) is 4.99. The van der Waals surface area contributed by atoms with Crippen LogP contribution in [0.1, 0.15) is 5.56 Å². The largest absolute Gasteiger partial charge is 0.502 e. The second-order valence-corrected chi connectivity index (χ2v) is 5.84. The van der Waals surface area contributed by atoms with E-state index in [2.05, 4.69) is 0 Å². The number of nitrogens with zero attached hydrogens (tertiary/aromatic N) is 1. The molecule has 0 spiro atoms. The molecule has 0 atom stereocenters. The van der Waals surface area contributed by atoms with Gasteiger partial charge in [0.15, 0.2) is 5.76 Å². The van der Waals surface area contributed by atoms with Gasteiger partial charge in [-0.1, -0.05) is 35.3 Å². The fourth-order valence-electron chi connectivity index (χ4n) is 2.44. The number of benzene rings is 2. The van der Waals surface area contributed by atoms with Crippen LogP contribution in [-0.4, -0.2) is 24.0 Å². The van der Waals surface area contributed by atoms with E-state index in [1.165, 1.54) is 31.4 Å². The molecule has 1 aliphatic rings. The molecule has 2 amide bonds. The molecule has 0 saturated carbocycles. The summed E-state index contributed by atoms with van der Waals surface area (Å²) >= 11 is 11.9. The third kappa shape index (κ3) is 2.62. The summed E-state index contributed by atoms with van der Waals surface area (Å²) in [5, 5.41) is 10.7. The van der Waals surface area contributed by atoms with Gasteiger partial charge in [0.25, 0.3) is 5.91 Å². The molecule has 122 valence electrons. The maximum absolute atomic E-state index is 12.7. The van der Waals surface area contributed by atoms with Gasteiger partial charge in [-0.2, -0.15) is 0 Å². The summed E-state index contributed by atoms with van der Waals surface area (Å²) in [5.74, 6) is -1.68. The van der Waals surface area contributed by atoms with Gasteiger partial charge < -0.3 is 9.84 Å². The number of carbonyl (C=O) groups is 2. The van der Waals surface area contributed by atoms with Crippen LogP contribution in [-0.2, 0) is 9.59 Å². The van der Waals surface area contributed by atoms with Crippen LogP contribution < -0.4 is 9.64 Å². The molecular weight excluding hydrogens is 353 g/mol. The lowest BCUT2D eigenvalue weighted by Gasteiger charge is -2.15. The summed E-state index contributed by atoms with van der Waals surface area (Å²) in [6, 6.07) is 10.8. The maximum atomic E-state index is 12.7. The molecule has 2 aromatic rings. The summed E-state index contributed by atoms with van der Waals surface area (Å²) in [4.78, 5) is 26.0. The Kier molecular flexibility index (Phi) is 4.22. The Hall–Kier alpha value is -2.50. The van der Waals surface area contributed by atoms with Crippen LogP contribution in [0.15, 0.2) is 48.2 Å². The molecule has 1 N–H and O–H groups in total. The molecule has 0 unspecified atom stereocenters. The van der Waals surface area contributed by atoms with E-state index >= 15 is 0 Å². The fraction of sp³-hybridized carbons (Fsp3) is 0.0588. The third-order valence-electron chi connectivity index (χ3n) is 3.57. The fourth-order valence-corrected chi connectivity index (χ4v) is 2.94. The molecule has 7 heteroatoms. The molecule has 1 heterocycles. The van der Waals surface area contributed by atoms with Gasteiger partial charge in [-0.15, -0.1) is 0 Å². The predicted molar refractivity (Wildman–Crippen MR) is 91.5 cm³/mol. The minimum absolute atomic E-state index is 0.163. The monoisotopic (exact) mass is 363 g/mol. The van der Waals surface area contributed by atoms with Crippen molar-refractivity contribution in [1.82, 2.24) is 0 Å². The van der Waals surface area contributed by atoms with Gasteiger partial charge in [0, 0.05) is 16.7 Å². The Morgan fingerprint density at radius 1 is 1.04 bits per heavy atom. The van der Waals surface area contributed by atoms with Crippen molar-refractivity contribution < 1.29 is 19.4 Å². The number of aliphatic hydroxyl groups excluding tert-OH is 1. The molecule has 0 saturated heterocycles. The number of imide groups is 1. The lowest BCUT2D eigenvalue weighted by atomic mass is 10.1. The number of halogens is 2. The first-order valence-electron chi connectivity index (χ1n) is 6.85. The highest BCUT2D eigenvalue weighted by molar-refractivity contribution is 6.47. The summed E-state index contributed by atoms with van der Waals surface area (Å²) in [7, 11) is 1.47. The van der Waals surface area contributed by atoms with Crippen molar-refractivity contribution in [1.29, 1.82) is 0 Å². The van der Waals surface area contributed by atoms with Gasteiger partial charge in [0.05, 0.1) is 23.4 Å². The highest BCUT2D eigenvalue weighted by atomic mass is 35.5. The van der Waals surface area contributed by atoms with Crippen molar-refractivity contribution in [3.8, 4) is 5.75 Å². The first-order chi connectivity index (χ1) is 11.4. The van der Waals surface area contributed by atoms with E-state index in [4.69, 9.17) is 27.9 Å². The highest BCUT2D eigenvalue weighted by Crippen LogP contribution is 2.36. The lowest BCUT2D eigenvalue weighted by Crippen LogP contribution is -2.31. The molecule has 5 nitrogen and oxygen atoms in total. The Balaban J connectivity index is 2.07. The Bertz CT molecular complexity index is 892. The van der Waals surface area contributed by atoms with Crippen molar-refractivity contribution in [3.05, 3.63) is 63.8 Å². The molecule has 2 aromatic carbocycles. The van der Waals surface area contributed by atoms with Crippen molar-refractivity contribution in [3.63, 3.8) is 0 Å². The smallest absolute Gasteiger partial charge is 0.301 e. The summed E-state index contributed by atoms with van der Waals surface area (Å²) in [6.45, 7) is 0. The van der Waals surface area contributed by atoms with Crippen LogP contribution in [0, 0.1) is 0 Å². The number of aliphatic hydroxyl groups is 1. The molecule has 3 rings (SSSR count). The van der Waals surface area contributed by atoms with Crippen LogP contribution >= 0.6 is 23.2 Å². The van der Waals surface area contributed by atoms with Gasteiger partial charge in [0.2, 0.25) is 0 Å². The highest BCUT2D eigenvalue weighted by Gasteiger charge is 2.41. The quantitative estimate of drug-likeness (QED) is 0.841. The van der Waals surface area contributed by atoms with Crippen LogP contribution in [0.4, 0.5) is 5.69 Å². The van der Waals surface area contributed by atoms with Gasteiger partial charge in [-0.3, -0.25) is 9.59 Å². The topological polar surface area (TPSA) is 66.8 Å². The van der Waals surface area contributed by atoms with Gasteiger partial charge in [-0.25, -0.2) is 4.90 Å². The summed E-state index contributed by atoms with van der Waals surface area (Å²) in [6.07, 6.45) is 0. The SMILES string of the molecule is COc1cccc(N2C(=O)C(O)=C(c3ccc(Cl)cc3Cl)C2=O)c1. The van der Waals surface area contributed by atoms with Crippen molar-refractivity contribution in [2.24, 2.45) is 0 Å². The number of ether oxygens (including phenoxy) is 1. The molecule has 1 aliphatic heterocycles. The minimum Gasteiger partial charge on any atom is -0.502 e. The molecule has 0 aliphatic carbocycles. The molecule has 0 fully saturated rings. The van der Waals surface area contributed by atoms with E-state index in [1.807, 2.05) is 0 Å². The number of anilines is 1. The molecule has 0 bridgehead atoms. The van der Waals surface area contributed by atoms with Gasteiger partial charge in [-0.05, 0) is 24.3 Å². The van der Waals surface area contributed by atoms with E-state index in [9.17, 15) is 14.7 Å².